The molecular formula is C26H35N5O6. The number of esters is 1. The van der Waals surface area contributed by atoms with Crippen LogP contribution in [0.15, 0.2) is 24.3 Å². The van der Waals surface area contributed by atoms with E-state index in [-0.39, 0.29) is 37.6 Å². The van der Waals surface area contributed by atoms with Crippen LogP contribution in [0.5, 0.6) is 0 Å². The van der Waals surface area contributed by atoms with Crippen LogP contribution in [0.1, 0.15) is 41.0 Å². The third-order valence-electron chi connectivity index (χ3n) is 8.68. The lowest BCUT2D eigenvalue weighted by Crippen LogP contribution is -2.59. The summed E-state index contributed by atoms with van der Waals surface area (Å²) >= 11 is 0. The van der Waals surface area contributed by atoms with Crippen molar-refractivity contribution >= 4 is 28.8 Å². The van der Waals surface area contributed by atoms with Gasteiger partial charge in [-0.05, 0) is 44.2 Å². The molecule has 5 rings (SSSR count). The largest absolute Gasteiger partial charge is 0.466 e. The van der Waals surface area contributed by atoms with Crippen molar-refractivity contribution in [1.82, 2.24) is 25.2 Å². The summed E-state index contributed by atoms with van der Waals surface area (Å²) in [5.41, 5.74) is -0.689. The molecule has 2 amide bonds. The molecule has 1 aromatic carbocycles. The minimum absolute atomic E-state index is 0.0399. The van der Waals surface area contributed by atoms with Crippen LogP contribution >= 0.6 is 0 Å². The molecule has 0 aliphatic carbocycles. The first-order valence-corrected chi connectivity index (χ1v) is 13.0. The molecule has 1 spiro atoms. The van der Waals surface area contributed by atoms with E-state index in [1.54, 1.807) is 11.6 Å². The quantitative estimate of drug-likeness (QED) is 0.501. The smallest absolute Gasteiger partial charge is 0.312 e. The number of aliphatic hydroxyl groups is 1. The Hall–Kier alpha value is -3.05. The topological polar surface area (TPSA) is 136 Å². The molecule has 11 nitrogen and oxygen atoms in total. The summed E-state index contributed by atoms with van der Waals surface area (Å²) in [6.07, 6.45) is 0.437. The Bertz CT molecular complexity index is 1230. The molecule has 7 atom stereocenters. The van der Waals surface area contributed by atoms with Crippen LogP contribution in [0, 0.1) is 23.7 Å². The molecule has 3 aliphatic rings. The second-order valence-electron chi connectivity index (χ2n) is 11.0. The minimum Gasteiger partial charge on any atom is -0.466 e. The Morgan fingerprint density at radius 3 is 2.73 bits per heavy atom. The number of aliphatic hydroxyl groups excluding tert-OH is 1. The maximum absolute atomic E-state index is 14.1. The van der Waals surface area contributed by atoms with Crippen molar-refractivity contribution < 1.29 is 29.0 Å². The summed E-state index contributed by atoms with van der Waals surface area (Å²) in [6.45, 7) is 9.22. The summed E-state index contributed by atoms with van der Waals surface area (Å²) in [5.74, 6) is -3.20. The van der Waals surface area contributed by atoms with Crippen molar-refractivity contribution in [1.29, 1.82) is 0 Å². The highest BCUT2D eigenvalue weighted by Crippen LogP contribution is 2.65. The maximum atomic E-state index is 14.1. The Kier molecular flexibility index (Phi) is 6.26. The van der Waals surface area contributed by atoms with E-state index >= 15 is 0 Å². The number of amides is 2. The number of carbonyl (C=O) groups excluding carboxylic acids is 3. The van der Waals surface area contributed by atoms with Gasteiger partial charge in [0.1, 0.15) is 29.7 Å². The van der Waals surface area contributed by atoms with E-state index in [9.17, 15) is 19.5 Å². The van der Waals surface area contributed by atoms with Gasteiger partial charge in [-0.1, -0.05) is 38.1 Å². The zero-order valence-corrected chi connectivity index (χ0v) is 21.9. The minimum atomic E-state index is -1.21. The van der Waals surface area contributed by atoms with Crippen molar-refractivity contribution in [2.75, 3.05) is 13.2 Å². The summed E-state index contributed by atoms with van der Waals surface area (Å²) in [7, 11) is 0. The summed E-state index contributed by atoms with van der Waals surface area (Å²) in [4.78, 5) is 42.7. The van der Waals surface area contributed by atoms with E-state index in [1.807, 2.05) is 52.0 Å². The van der Waals surface area contributed by atoms with Gasteiger partial charge in [-0.3, -0.25) is 14.4 Å². The number of aromatic nitrogens is 3. The van der Waals surface area contributed by atoms with Gasteiger partial charge >= 0.3 is 5.97 Å². The Morgan fingerprint density at radius 1 is 1.32 bits per heavy atom. The van der Waals surface area contributed by atoms with Crippen molar-refractivity contribution in [3.8, 4) is 0 Å². The molecule has 2 aromatic rings. The van der Waals surface area contributed by atoms with Gasteiger partial charge in [0.2, 0.25) is 11.8 Å². The Labute approximate surface area is 215 Å². The van der Waals surface area contributed by atoms with E-state index in [4.69, 9.17) is 9.47 Å². The highest BCUT2D eigenvalue weighted by molar-refractivity contribution is 5.98. The molecule has 200 valence electrons. The number of carbonyl (C=O) groups is 3. The molecule has 3 fully saturated rings. The predicted molar refractivity (Wildman–Crippen MR) is 132 cm³/mol. The SMILES string of the molecule is CCOC(=O)[C@@H]1[C@H]2C(=O)N([C@@H](CO)C(C)C)C(C(=O)NCn3nnc4ccccc43)C23CC(C)[C@@]1(C)O3. The summed E-state index contributed by atoms with van der Waals surface area (Å²) < 4.78 is 13.6. The van der Waals surface area contributed by atoms with E-state index in [2.05, 4.69) is 15.6 Å². The molecule has 3 unspecified atom stereocenters. The third kappa shape index (κ3) is 3.58. The van der Waals surface area contributed by atoms with Gasteiger partial charge in [-0.2, -0.15) is 0 Å². The number of rotatable bonds is 8. The monoisotopic (exact) mass is 513 g/mol. The average Bonchev–Trinajstić information content (AvgIpc) is 3.52. The van der Waals surface area contributed by atoms with Crippen molar-refractivity contribution in [2.24, 2.45) is 23.7 Å². The van der Waals surface area contributed by atoms with E-state index in [0.717, 1.165) is 5.52 Å². The molecule has 2 bridgehead atoms. The van der Waals surface area contributed by atoms with Crippen LogP contribution < -0.4 is 5.32 Å². The number of benzene rings is 1. The number of para-hydroxylation sites is 1. The third-order valence-corrected chi connectivity index (χ3v) is 8.68. The van der Waals surface area contributed by atoms with E-state index in [1.165, 1.54) is 4.90 Å². The molecule has 3 aliphatic heterocycles. The second-order valence-corrected chi connectivity index (χ2v) is 11.0. The van der Waals surface area contributed by atoms with Gasteiger partial charge in [-0.25, -0.2) is 4.68 Å². The Balaban J connectivity index is 1.54. The normalized spacial score (nSPS) is 33.3. The molecular weight excluding hydrogens is 478 g/mol. The lowest BCUT2D eigenvalue weighted by molar-refractivity contribution is -0.162. The van der Waals surface area contributed by atoms with Crippen molar-refractivity contribution in [3.63, 3.8) is 0 Å². The van der Waals surface area contributed by atoms with Gasteiger partial charge in [0, 0.05) is 0 Å². The number of nitrogens with one attached hydrogen (secondary N) is 1. The van der Waals surface area contributed by atoms with E-state index in [0.29, 0.717) is 11.9 Å². The first-order valence-electron chi connectivity index (χ1n) is 13.0. The van der Waals surface area contributed by atoms with Crippen molar-refractivity contribution in [2.45, 2.75) is 71.0 Å². The first kappa shape index (κ1) is 25.6. The molecule has 3 saturated heterocycles. The fourth-order valence-electron chi connectivity index (χ4n) is 6.83. The van der Waals surface area contributed by atoms with Crippen molar-refractivity contribution in [3.05, 3.63) is 24.3 Å². The van der Waals surface area contributed by atoms with E-state index < -0.39 is 47.0 Å². The molecule has 1 aromatic heterocycles. The standard InChI is InChI=1S/C26H35N5O6/c1-6-36-24(35)20-19-23(34)31(18(12-32)14(2)3)21(26(19)11-15(4)25(20,5)37-26)22(33)27-13-30-17-10-8-7-9-16(17)28-29-30/h7-10,14-15,18-21,32H,6,11-13H2,1-5H3,(H,27,33)/t15?,18-,19-,20-,21?,25+,26?/m0/s1. The molecule has 2 N–H and O–H groups in total. The number of nitrogens with zero attached hydrogens (tertiary/aromatic N) is 4. The predicted octanol–water partition coefficient (Wildman–Crippen LogP) is 1.10. The van der Waals surface area contributed by atoms with Crippen LogP contribution in [-0.2, 0) is 30.5 Å². The summed E-state index contributed by atoms with van der Waals surface area (Å²) in [5, 5.41) is 21.5. The number of hydrogen-bond donors (Lipinski definition) is 2. The average molecular weight is 514 g/mol. The van der Waals surface area contributed by atoms with Gasteiger partial charge in [0.25, 0.3) is 0 Å². The highest BCUT2D eigenvalue weighted by atomic mass is 16.6. The number of fused-ring (bicyclic) bond motifs is 2. The molecule has 37 heavy (non-hydrogen) atoms. The molecule has 0 radical (unpaired) electrons. The zero-order valence-electron chi connectivity index (χ0n) is 21.9. The first-order chi connectivity index (χ1) is 17.6. The van der Waals surface area contributed by atoms with Crippen LogP contribution in [0.25, 0.3) is 11.0 Å². The number of ether oxygens (including phenoxy) is 2. The lowest BCUT2D eigenvalue weighted by Gasteiger charge is -2.38. The number of likely N-dealkylation sites (tertiary alicyclic amines) is 1. The van der Waals surface area contributed by atoms with Crippen LogP contribution in [-0.4, -0.2) is 79.3 Å². The fraction of sp³-hybridized carbons (Fsp3) is 0.654. The second kappa shape index (κ2) is 9.05. The van der Waals surface area contributed by atoms with Crippen LogP contribution in [0.2, 0.25) is 0 Å². The molecule has 0 saturated carbocycles. The molecule has 4 heterocycles. The molecule has 11 heteroatoms. The lowest BCUT2D eigenvalue weighted by atomic mass is 9.62. The highest BCUT2D eigenvalue weighted by Gasteiger charge is 2.80. The van der Waals surface area contributed by atoms with Gasteiger partial charge in [-0.15, -0.1) is 5.10 Å². The fourth-order valence-corrected chi connectivity index (χ4v) is 6.83. The zero-order chi connectivity index (χ0) is 26.7. The maximum Gasteiger partial charge on any atom is 0.312 e. The number of hydrogen-bond acceptors (Lipinski definition) is 8. The van der Waals surface area contributed by atoms with Crippen LogP contribution in [0.4, 0.5) is 0 Å². The van der Waals surface area contributed by atoms with Gasteiger partial charge < -0.3 is 24.8 Å². The Morgan fingerprint density at radius 2 is 2.05 bits per heavy atom. The van der Waals surface area contributed by atoms with Gasteiger partial charge in [0.15, 0.2) is 0 Å². The van der Waals surface area contributed by atoms with Crippen LogP contribution in [0.3, 0.4) is 0 Å². The summed E-state index contributed by atoms with van der Waals surface area (Å²) in [6, 6.07) is 5.77. The van der Waals surface area contributed by atoms with Gasteiger partial charge in [0.05, 0.1) is 36.3 Å².